The number of pyridine rings is 1. The summed E-state index contributed by atoms with van der Waals surface area (Å²) in [5.74, 6) is -3.23. The zero-order chi connectivity index (χ0) is 23.9. The smallest absolute Gasteiger partial charge is 0.475 e. The van der Waals surface area contributed by atoms with E-state index in [0.29, 0.717) is 22.5 Å². The van der Waals surface area contributed by atoms with Crippen molar-refractivity contribution >= 4 is 29.2 Å². The Morgan fingerprint density at radius 1 is 1.09 bits per heavy atom. The molecule has 0 saturated heterocycles. The number of rotatable bonds is 4. The van der Waals surface area contributed by atoms with Crippen LogP contribution in [0.3, 0.4) is 0 Å². The summed E-state index contributed by atoms with van der Waals surface area (Å²) in [6.07, 6.45) is -0.564. The number of aliphatic carboxylic acids is 1. The number of nitrogens with two attached hydrogens (primary N) is 1. The summed E-state index contributed by atoms with van der Waals surface area (Å²) in [4.78, 5) is 45.1. The minimum atomic E-state index is -5.08. The molecule has 32 heavy (non-hydrogen) atoms. The van der Waals surface area contributed by atoms with E-state index in [1.807, 2.05) is 6.07 Å². The van der Waals surface area contributed by atoms with Gasteiger partial charge in [-0.25, -0.2) is 14.8 Å². The third-order valence-electron chi connectivity index (χ3n) is 3.66. The van der Waals surface area contributed by atoms with Crippen LogP contribution in [0.25, 0.3) is 11.3 Å². The zero-order valence-electron chi connectivity index (χ0n) is 16.4. The molecular weight excluding hydrogens is 431 g/mol. The third-order valence-corrected chi connectivity index (χ3v) is 3.66. The fourth-order valence-corrected chi connectivity index (χ4v) is 2.30. The minimum absolute atomic E-state index is 0.0515. The topological polar surface area (TPSA) is 148 Å². The zero-order valence-corrected chi connectivity index (χ0v) is 16.4. The van der Waals surface area contributed by atoms with Crippen molar-refractivity contribution < 1.29 is 32.7 Å². The van der Waals surface area contributed by atoms with Crippen LogP contribution in [-0.4, -0.2) is 43.9 Å². The van der Waals surface area contributed by atoms with Gasteiger partial charge in [0.05, 0.1) is 11.9 Å². The number of hydrogen-bond acceptors (Lipinski definition) is 7. The molecule has 4 N–H and O–H groups in total. The SMILES string of the molecule is CC(=O)Nc1cccc(-c2cnc(N)c(C(=O)c3cccnc3)n2)c1.O=C(O)C(F)(F)F. The standard InChI is InChI=1S/C18H15N5O2.C2HF3O2/c1-11(24)22-14-6-2-4-12(8-14)15-10-21-18(19)16(23-15)17(25)13-5-3-7-20-9-13;3-2(4,5)1(6)7/h2-10H,1H3,(H2,19,21)(H,22,24);(H,6,7). The Labute approximate surface area is 179 Å². The maximum atomic E-state index is 12.6. The second kappa shape index (κ2) is 10.1. The van der Waals surface area contributed by atoms with Crippen molar-refractivity contribution in [1.82, 2.24) is 15.0 Å². The minimum Gasteiger partial charge on any atom is -0.475 e. The largest absolute Gasteiger partial charge is 0.490 e. The van der Waals surface area contributed by atoms with Crippen molar-refractivity contribution in [2.45, 2.75) is 13.1 Å². The van der Waals surface area contributed by atoms with Crippen molar-refractivity contribution in [2.24, 2.45) is 0 Å². The van der Waals surface area contributed by atoms with E-state index in [1.54, 1.807) is 36.5 Å². The molecule has 0 bridgehead atoms. The number of nitrogens with one attached hydrogen (secondary N) is 1. The fourth-order valence-electron chi connectivity index (χ4n) is 2.30. The Bertz CT molecular complexity index is 1140. The summed E-state index contributed by atoms with van der Waals surface area (Å²) in [6, 6.07) is 10.4. The first-order valence-electron chi connectivity index (χ1n) is 8.74. The Hall–Kier alpha value is -4.35. The van der Waals surface area contributed by atoms with Crippen LogP contribution in [0, 0.1) is 0 Å². The number of hydrogen-bond donors (Lipinski definition) is 3. The average Bonchev–Trinajstić information content (AvgIpc) is 2.74. The maximum Gasteiger partial charge on any atom is 0.490 e. The van der Waals surface area contributed by atoms with Gasteiger partial charge < -0.3 is 16.2 Å². The molecule has 0 saturated carbocycles. The van der Waals surface area contributed by atoms with E-state index < -0.39 is 12.1 Å². The highest BCUT2D eigenvalue weighted by Gasteiger charge is 2.38. The van der Waals surface area contributed by atoms with Crippen LogP contribution in [0.1, 0.15) is 23.0 Å². The fraction of sp³-hybridized carbons (Fsp3) is 0.100. The van der Waals surface area contributed by atoms with Crippen LogP contribution in [0.15, 0.2) is 55.0 Å². The van der Waals surface area contributed by atoms with E-state index in [4.69, 9.17) is 15.6 Å². The highest BCUT2D eigenvalue weighted by atomic mass is 19.4. The molecule has 0 unspecified atom stereocenters. The maximum absolute atomic E-state index is 12.6. The van der Waals surface area contributed by atoms with Gasteiger partial charge in [0.2, 0.25) is 11.7 Å². The van der Waals surface area contributed by atoms with Crippen LogP contribution in [0.5, 0.6) is 0 Å². The van der Waals surface area contributed by atoms with E-state index in [1.165, 1.54) is 19.3 Å². The van der Waals surface area contributed by atoms with Crippen molar-refractivity contribution in [3.8, 4) is 11.3 Å². The van der Waals surface area contributed by atoms with Crippen molar-refractivity contribution in [2.75, 3.05) is 11.1 Å². The molecule has 0 fully saturated rings. The van der Waals surface area contributed by atoms with Gasteiger partial charge in [-0.1, -0.05) is 12.1 Å². The summed E-state index contributed by atoms with van der Waals surface area (Å²) in [5, 5.41) is 9.83. The van der Waals surface area contributed by atoms with Gasteiger partial charge in [-0.2, -0.15) is 13.2 Å². The molecule has 3 rings (SSSR count). The lowest BCUT2D eigenvalue weighted by molar-refractivity contribution is -0.192. The lowest BCUT2D eigenvalue weighted by Gasteiger charge is -2.08. The number of carbonyl (C=O) groups excluding carboxylic acids is 2. The summed E-state index contributed by atoms with van der Waals surface area (Å²) < 4.78 is 31.7. The molecule has 12 heteroatoms. The van der Waals surface area contributed by atoms with Gasteiger partial charge in [0.15, 0.2) is 11.5 Å². The third kappa shape index (κ3) is 6.58. The highest BCUT2D eigenvalue weighted by Crippen LogP contribution is 2.23. The van der Waals surface area contributed by atoms with Crippen LogP contribution in [0.2, 0.25) is 0 Å². The summed E-state index contributed by atoms with van der Waals surface area (Å²) in [5.41, 5.74) is 8.09. The Morgan fingerprint density at radius 3 is 2.34 bits per heavy atom. The highest BCUT2D eigenvalue weighted by molar-refractivity contribution is 6.10. The first kappa shape index (κ1) is 23.9. The molecule has 0 aliphatic heterocycles. The monoisotopic (exact) mass is 447 g/mol. The number of alkyl halides is 3. The normalized spacial score (nSPS) is 10.5. The van der Waals surface area contributed by atoms with Crippen molar-refractivity contribution in [3.05, 3.63) is 66.2 Å². The number of halogens is 3. The lowest BCUT2D eigenvalue weighted by Crippen LogP contribution is -2.21. The Balaban J connectivity index is 0.000000451. The van der Waals surface area contributed by atoms with Gasteiger partial charge in [0.1, 0.15) is 0 Å². The lowest BCUT2D eigenvalue weighted by atomic mass is 10.1. The molecule has 3 aromatic rings. The number of nitrogens with zero attached hydrogens (tertiary/aromatic N) is 3. The van der Waals surface area contributed by atoms with Gasteiger partial charge in [0, 0.05) is 36.1 Å². The molecule has 166 valence electrons. The van der Waals surface area contributed by atoms with Gasteiger partial charge >= 0.3 is 12.1 Å². The number of carboxylic acid groups (broad SMARTS) is 1. The number of anilines is 2. The van der Waals surface area contributed by atoms with Gasteiger partial charge in [-0.05, 0) is 24.3 Å². The molecule has 9 nitrogen and oxygen atoms in total. The quantitative estimate of drug-likeness (QED) is 0.517. The molecule has 0 radical (unpaired) electrons. The second-order valence-electron chi connectivity index (χ2n) is 6.12. The van der Waals surface area contributed by atoms with Crippen LogP contribution < -0.4 is 11.1 Å². The van der Waals surface area contributed by atoms with Crippen LogP contribution in [-0.2, 0) is 9.59 Å². The molecule has 0 spiro atoms. The Kier molecular flexibility index (Phi) is 7.56. The summed E-state index contributed by atoms with van der Waals surface area (Å²) >= 11 is 0. The predicted octanol–water partition coefficient (Wildman–Crippen LogP) is 2.94. The first-order chi connectivity index (χ1) is 15.0. The van der Waals surface area contributed by atoms with Gasteiger partial charge in [-0.15, -0.1) is 0 Å². The molecule has 1 amide bonds. The first-order valence-corrected chi connectivity index (χ1v) is 8.74. The molecule has 0 aliphatic rings. The second-order valence-corrected chi connectivity index (χ2v) is 6.12. The van der Waals surface area contributed by atoms with Gasteiger partial charge in [0.25, 0.3) is 0 Å². The number of amides is 1. The van der Waals surface area contributed by atoms with Crippen LogP contribution in [0.4, 0.5) is 24.7 Å². The number of ketones is 1. The predicted molar refractivity (Wildman–Crippen MR) is 108 cm³/mol. The van der Waals surface area contributed by atoms with Crippen LogP contribution >= 0.6 is 0 Å². The number of benzene rings is 1. The van der Waals surface area contributed by atoms with E-state index in [2.05, 4.69) is 20.3 Å². The van der Waals surface area contributed by atoms with E-state index in [0.717, 1.165) is 0 Å². The molecule has 1 aromatic carbocycles. The molecular formula is C20H16F3N5O4. The van der Waals surface area contributed by atoms with Crippen molar-refractivity contribution in [1.29, 1.82) is 0 Å². The van der Waals surface area contributed by atoms with Crippen molar-refractivity contribution in [3.63, 3.8) is 0 Å². The van der Waals surface area contributed by atoms with E-state index >= 15 is 0 Å². The summed E-state index contributed by atoms with van der Waals surface area (Å²) in [6.45, 7) is 1.43. The van der Waals surface area contributed by atoms with E-state index in [-0.39, 0.29) is 23.2 Å². The molecule has 2 heterocycles. The number of aromatic nitrogens is 3. The average molecular weight is 447 g/mol. The number of carbonyl (C=O) groups is 3. The molecule has 2 aromatic heterocycles. The molecule has 0 aliphatic carbocycles. The molecule has 0 atom stereocenters. The Morgan fingerprint density at radius 2 is 1.78 bits per heavy atom. The summed E-state index contributed by atoms with van der Waals surface area (Å²) in [7, 11) is 0. The number of carboxylic acids is 1. The van der Waals surface area contributed by atoms with Gasteiger partial charge in [-0.3, -0.25) is 14.6 Å². The van der Waals surface area contributed by atoms with E-state index in [9.17, 15) is 22.8 Å². The number of nitrogen functional groups attached to an aromatic ring is 1.